The molecule has 1 aromatic rings. The van der Waals surface area contributed by atoms with Crippen molar-refractivity contribution in [3.63, 3.8) is 0 Å². The van der Waals surface area contributed by atoms with E-state index in [1.54, 1.807) is 24.3 Å². The van der Waals surface area contributed by atoms with Gasteiger partial charge in [0.25, 0.3) is 0 Å². The summed E-state index contributed by atoms with van der Waals surface area (Å²) in [4.78, 5) is 22.8. The van der Waals surface area contributed by atoms with Crippen LogP contribution in [0.2, 0.25) is 0 Å². The number of carbonyl (C=O) groups excluding carboxylic acids is 2. The van der Waals surface area contributed by atoms with Crippen molar-refractivity contribution in [2.24, 2.45) is 5.92 Å². The molecule has 3 N–H and O–H groups in total. The molecule has 17 heavy (non-hydrogen) atoms. The fourth-order valence-corrected chi connectivity index (χ4v) is 1.78. The van der Waals surface area contributed by atoms with Crippen molar-refractivity contribution in [2.45, 2.75) is 13.0 Å². The number of carbonyl (C=O) groups is 2. The zero-order valence-electron chi connectivity index (χ0n) is 9.27. The van der Waals surface area contributed by atoms with Crippen molar-refractivity contribution in [2.75, 3.05) is 11.9 Å². The first-order valence-corrected chi connectivity index (χ1v) is 5.46. The average molecular weight is 234 g/mol. The van der Waals surface area contributed by atoms with E-state index >= 15 is 0 Å². The quantitative estimate of drug-likeness (QED) is 0.701. The van der Waals surface area contributed by atoms with E-state index in [4.69, 9.17) is 5.11 Å². The molecule has 2 amide bonds. The Hall–Kier alpha value is -1.88. The molecule has 1 aliphatic rings. The smallest absolute Gasteiger partial charge is 0.229 e. The van der Waals surface area contributed by atoms with Crippen molar-refractivity contribution >= 4 is 17.5 Å². The van der Waals surface area contributed by atoms with E-state index in [0.29, 0.717) is 12.2 Å². The number of anilines is 1. The number of amides is 2. The van der Waals surface area contributed by atoms with E-state index < -0.39 is 0 Å². The number of aliphatic hydroxyl groups excluding tert-OH is 1. The van der Waals surface area contributed by atoms with E-state index in [-0.39, 0.29) is 30.8 Å². The van der Waals surface area contributed by atoms with Gasteiger partial charge < -0.3 is 15.7 Å². The van der Waals surface area contributed by atoms with Crippen LogP contribution in [0.4, 0.5) is 5.69 Å². The molecule has 5 heteroatoms. The van der Waals surface area contributed by atoms with Crippen LogP contribution in [0.15, 0.2) is 24.3 Å². The normalized spacial score (nSPS) is 18.9. The van der Waals surface area contributed by atoms with Crippen LogP contribution in [0.1, 0.15) is 12.0 Å². The first kappa shape index (κ1) is 11.6. The number of nitrogens with one attached hydrogen (secondary N) is 2. The van der Waals surface area contributed by atoms with Gasteiger partial charge in [0.2, 0.25) is 11.8 Å². The maximum atomic E-state index is 11.8. The number of benzene rings is 1. The summed E-state index contributed by atoms with van der Waals surface area (Å²) in [6, 6.07) is 7.00. The summed E-state index contributed by atoms with van der Waals surface area (Å²) >= 11 is 0. The van der Waals surface area contributed by atoms with Gasteiger partial charge in [-0.15, -0.1) is 0 Å². The number of rotatable bonds is 3. The highest BCUT2D eigenvalue weighted by molar-refractivity contribution is 5.97. The molecule has 90 valence electrons. The molecule has 1 atom stereocenters. The Morgan fingerprint density at radius 3 is 3.00 bits per heavy atom. The molecular formula is C12H14N2O3. The topological polar surface area (TPSA) is 78.4 Å². The number of aliphatic hydroxyl groups is 1. The summed E-state index contributed by atoms with van der Waals surface area (Å²) in [5.74, 6) is -0.562. The van der Waals surface area contributed by atoms with E-state index in [9.17, 15) is 9.59 Å². The van der Waals surface area contributed by atoms with Gasteiger partial charge in [0.15, 0.2) is 0 Å². The van der Waals surface area contributed by atoms with Crippen molar-refractivity contribution in [1.29, 1.82) is 0 Å². The second kappa shape index (κ2) is 4.97. The van der Waals surface area contributed by atoms with Crippen LogP contribution in [-0.4, -0.2) is 23.5 Å². The molecule has 0 aromatic heterocycles. The minimum atomic E-state index is -0.305. The van der Waals surface area contributed by atoms with Gasteiger partial charge in [-0.05, 0) is 17.7 Å². The van der Waals surface area contributed by atoms with Crippen molar-refractivity contribution in [1.82, 2.24) is 5.32 Å². The lowest BCUT2D eigenvalue weighted by Crippen LogP contribution is -2.24. The minimum Gasteiger partial charge on any atom is -0.392 e. The van der Waals surface area contributed by atoms with E-state index in [2.05, 4.69) is 10.6 Å². The molecule has 1 saturated heterocycles. The summed E-state index contributed by atoms with van der Waals surface area (Å²) in [5.41, 5.74) is 1.38. The summed E-state index contributed by atoms with van der Waals surface area (Å²) in [6.07, 6.45) is 0.242. The molecule has 0 radical (unpaired) electrons. The molecule has 1 heterocycles. The third-order valence-electron chi connectivity index (χ3n) is 2.73. The minimum absolute atomic E-state index is 0.0623. The molecular weight excluding hydrogens is 220 g/mol. The third kappa shape index (κ3) is 2.82. The Labute approximate surface area is 98.8 Å². The molecule has 0 spiro atoms. The highest BCUT2D eigenvalue weighted by Gasteiger charge is 2.27. The maximum Gasteiger partial charge on any atom is 0.229 e. The molecule has 0 aliphatic carbocycles. The maximum absolute atomic E-state index is 11.8. The Balaban J connectivity index is 2.00. The Bertz CT molecular complexity index is 445. The molecule has 2 rings (SSSR count). The van der Waals surface area contributed by atoms with Crippen LogP contribution in [0.25, 0.3) is 0 Å². The van der Waals surface area contributed by atoms with Crippen LogP contribution >= 0.6 is 0 Å². The molecule has 0 saturated carbocycles. The zero-order chi connectivity index (χ0) is 12.3. The van der Waals surface area contributed by atoms with Crippen LogP contribution in [-0.2, 0) is 16.2 Å². The molecule has 1 fully saturated rings. The first-order chi connectivity index (χ1) is 8.19. The zero-order valence-corrected chi connectivity index (χ0v) is 9.27. The van der Waals surface area contributed by atoms with Gasteiger partial charge >= 0.3 is 0 Å². The largest absolute Gasteiger partial charge is 0.392 e. The summed E-state index contributed by atoms with van der Waals surface area (Å²) in [5, 5.41) is 14.3. The summed E-state index contributed by atoms with van der Waals surface area (Å²) in [7, 11) is 0. The predicted molar refractivity (Wildman–Crippen MR) is 62.1 cm³/mol. The molecule has 1 aromatic carbocycles. The van der Waals surface area contributed by atoms with Gasteiger partial charge in [-0.2, -0.15) is 0 Å². The van der Waals surface area contributed by atoms with E-state index in [0.717, 1.165) is 5.56 Å². The van der Waals surface area contributed by atoms with Crippen LogP contribution in [0.3, 0.4) is 0 Å². The van der Waals surface area contributed by atoms with Gasteiger partial charge in [0.05, 0.1) is 12.5 Å². The molecule has 5 nitrogen and oxygen atoms in total. The Morgan fingerprint density at radius 2 is 2.35 bits per heavy atom. The van der Waals surface area contributed by atoms with Gasteiger partial charge in [0, 0.05) is 18.7 Å². The number of hydrogen-bond acceptors (Lipinski definition) is 3. The Morgan fingerprint density at radius 1 is 1.53 bits per heavy atom. The van der Waals surface area contributed by atoms with Crippen molar-refractivity contribution in [3.05, 3.63) is 29.8 Å². The standard InChI is InChI=1S/C12H14N2O3/c15-7-8-2-1-3-10(4-8)14-12(17)9-5-11(16)13-6-9/h1-4,9,15H,5-7H2,(H,13,16)(H,14,17). The van der Waals surface area contributed by atoms with Crippen LogP contribution in [0, 0.1) is 5.92 Å². The fraction of sp³-hybridized carbons (Fsp3) is 0.333. The van der Waals surface area contributed by atoms with Crippen LogP contribution in [0.5, 0.6) is 0 Å². The fourth-order valence-electron chi connectivity index (χ4n) is 1.78. The van der Waals surface area contributed by atoms with E-state index in [1.165, 1.54) is 0 Å². The SMILES string of the molecule is O=C1CC(C(=O)Nc2cccc(CO)c2)CN1. The summed E-state index contributed by atoms with van der Waals surface area (Å²) in [6.45, 7) is 0.331. The van der Waals surface area contributed by atoms with Gasteiger partial charge in [-0.1, -0.05) is 12.1 Å². The number of hydrogen-bond donors (Lipinski definition) is 3. The van der Waals surface area contributed by atoms with E-state index in [1.807, 2.05) is 0 Å². The van der Waals surface area contributed by atoms with Gasteiger partial charge in [-0.3, -0.25) is 9.59 Å². The lowest BCUT2D eigenvalue weighted by atomic mass is 10.1. The highest BCUT2D eigenvalue weighted by atomic mass is 16.3. The Kier molecular flexibility index (Phi) is 3.39. The molecule has 0 bridgehead atoms. The molecule has 1 unspecified atom stereocenters. The van der Waals surface area contributed by atoms with Crippen LogP contribution < -0.4 is 10.6 Å². The second-order valence-electron chi connectivity index (χ2n) is 4.05. The van der Waals surface area contributed by atoms with Gasteiger partial charge in [-0.25, -0.2) is 0 Å². The predicted octanol–water partition coefficient (Wildman–Crippen LogP) is 0.254. The van der Waals surface area contributed by atoms with Crippen molar-refractivity contribution in [3.8, 4) is 0 Å². The van der Waals surface area contributed by atoms with Gasteiger partial charge in [0.1, 0.15) is 0 Å². The molecule has 1 aliphatic heterocycles. The lowest BCUT2D eigenvalue weighted by Gasteiger charge is -2.09. The highest BCUT2D eigenvalue weighted by Crippen LogP contribution is 2.15. The monoisotopic (exact) mass is 234 g/mol. The third-order valence-corrected chi connectivity index (χ3v) is 2.73. The first-order valence-electron chi connectivity index (χ1n) is 5.46. The second-order valence-corrected chi connectivity index (χ2v) is 4.05. The lowest BCUT2D eigenvalue weighted by molar-refractivity contribution is -0.123. The summed E-state index contributed by atoms with van der Waals surface area (Å²) < 4.78 is 0. The average Bonchev–Trinajstić information content (AvgIpc) is 2.76. The van der Waals surface area contributed by atoms with Crippen molar-refractivity contribution < 1.29 is 14.7 Å².